The highest BCUT2D eigenvalue weighted by atomic mass is 16.3. The van der Waals surface area contributed by atoms with Gasteiger partial charge in [0, 0.05) is 19.3 Å². The first-order valence-electron chi connectivity index (χ1n) is 12.8. The Kier molecular flexibility index (Phi) is 7.88. The van der Waals surface area contributed by atoms with Crippen molar-refractivity contribution in [2.45, 2.75) is 47.0 Å². The van der Waals surface area contributed by atoms with Crippen LogP contribution < -0.4 is 0 Å². The smallest absolute Gasteiger partial charge is 0.192 e. The molecule has 0 unspecified atom stereocenters. The lowest BCUT2D eigenvalue weighted by Crippen LogP contribution is -2.18. The molecule has 4 nitrogen and oxygen atoms in total. The minimum Gasteiger partial charge on any atom is -0.441 e. The molecule has 0 saturated carbocycles. The summed E-state index contributed by atoms with van der Waals surface area (Å²) < 4.78 is 11.1. The molecule has 0 atom stereocenters. The number of aromatic nitrogens is 2. The Morgan fingerprint density at radius 1 is 0.541 bits per heavy atom. The van der Waals surface area contributed by atoms with Crippen LogP contribution in [-0.4, -0.2) is 9.97 Å². The largest absolute Gasteiger partial charge is 0.441 e. The SMILES string of the molecule is CC.CC(C)(c1ccccc1)c1ccccc1.Cc1nc2ccc(-c3ccc4nc(C)oc4c3)cc2o1. The second-order valence-electron chi connectivity index (χ2n) is 9.19. The molecule has 0 saturated heterocycles. The van der Waals surface area contributed by atoms with Crippen LogP contribution in [0.5, 0.6) is 0 Å². The van der Waals surface area contributed by atoms with Crippen LogP contribution in [0, 0.1) is 13.8 Å². The molecule has 4 aromatic carbocycles. The molecule has 188 valence electrons. The normalized spacial score (nSPS) is 11.0. The van der Waals surface area contributed by atoms with Crippen LogP contribution >= 0.6 is 0 Å². The van der Waals surface area contributed by atoms with E-state index in [2.05, 4.69) is 84.5 Å². The lowest BCUT2D eigenvalue weighted by molar-refractivity contribution is 0.560. The van der Waals surface area contributed by atoms with Gasteiger partial charge in [-0.3, -0.25) is 0 Å². The molecule has 0 spiro atoms. The minimum atomic E-state index is 0.0858. The van der Waals surface area contributed by atoms with E-state index in [1.54, 1.807) is 0 Å². The fraction of sp³-hybridized carbons (Fsp3) is 0.212. The average Bonchev–Trinajstić information content (AvgIpc) is 3.50. The maximum absolute atomic E-state index is 5.57. The molecular formula is C33H34N2O2. The Morgan fingerprint density at radius 2 is 0.919 bits per heavy atom. The zero-order valence-corrected chi connectivity index (χ0v) is 22.4. The second kappa shape index (κ2) is 11.3. The molecule has 0 aliphatic carbocycles. The molecule has 4 heteroatoms. The van der Waals surface area contributed by atoms with E-state index in [1.807, 2.05) is 64.1 Å². The van der Waals surface area contributed by atoms with E-state index in [1.165, 1.54) is 11.1 Å². The monoisotopic (exact) mass is 490 g/mol. The summed E-state index contributed by atoms with van der Waals surface area (Å²) in [5.41, 5.74) is 8.30. The summed E-state index contributed by atoms with van der Waals surface area (Å²) in [5, 5.41) is 0. The number of nitrogens with zero attached hydrogens (tertiary/aromatic N) is 2. The van der Waals surface area contributed by atoms with Crippen molar-refractivity contribution >= 4 is 22.2 Å². The first-order chi connectivity index (χ1) is 17.9. The van der Waals surface area contributed by atoms with Crippen LogP contribution in [0.3, 0.4) is 0 Å². The zero-order chi connectivity index (χ0) is 26.4. The van der Waals surface area contributed by atoms with E-state index in [0.717, 1.165) is 33.3 Å². The molecule has 6 rings (SSSR count). The molecule has 0 amide bonds. The molecule has 6 aromatic rings. The van der Waals surface area contributed by atoms with E-state index >= 15 is 0 Å². The Labute approximate surface area is 219 Å². The van der Waals surface area contributed by atoms with Crippen molar-refractivity contribution in [2.75, 3.05) is 0 Å². The Hall–Kier alpha value is -4.18. The van der Waals surface area contributed by atoms with Crippen LogP contribution in [0.25, 0.3) is 33.3 Å². The number of fused-ring (bicyclic) bond motifs is 2. The quantitative estimate of drug-likeness (QED) is 0.248. The Balaban J connectivity index is 0.000000169. The van der Waals surface area contributed by atoms with E-state index in [-0.39, 0.29) is 5.41 Å². The first kappa shape index (κ1) is 25.9. The second-order valence-corrected chi connectivity index (χ2v) is 9.19. The van der Waals surface area contributed by atoms with Crippen molar-refractivity contribution < 1.29 is 8.83 Å². The summed E-state index contributed by atoms with van der Waals surface area (Å²) in [6.45, 7) is 12.2. The van der Waals surface area contributed by atoms with Crippen molar-refractivity contribution in [1.29, 1.82) is 0 Å². The number of benzene rings is 4. The third kappa shape index (κ3) is 5.80. The predicted molar refractivity (Wildman–Crippen MR) is 153 cm³/mol. The van der Waals surface area contributed by atoms with E-state index in [9.17, 15) is 0 Å². The van der Waals surface area contributed by atoms with Crippen molar-refractivity contribution in [3.63, 3.8) is 0 Å². The van der Waals surface area contributed by atoms with Gasteiger partial charge in [0.1, 0.15) is 11.0 Å². The molecule has 0 fully saturated rings. The van der Waals surface area contributed by atoms with Gasteiger partial charge in [0.05, 0.1) is 0 Å². The fourth-order valence-electron chi connectivity index (χ4n) is 4.32. The highest BCUT2D eigenvalue weighted by molar-refractivity contribution is 5.84. The Bertz CT molecular complexity index is 1460. The maximum atomic E-state index is 5.57. The number of hydrogen-bond acceptors (Lipinski definition) is 4. The van der Waals surface area contributed by atoms with Crippen molar-refractivity contribution in [3.8, 4) is 11.1 Å². The third-order valence-corrected chi connectivity index (χ3v) is 6.32. The first-order valence-corrected chi connectivity index (χ1v) is 12.8. The minimum absolute atomic E-state index is 0.0858. The number of hydrogen-bond donors (Lipinski definition) is 0. The molecule has 37 heavy (non-hydrogen) atoms. The van der Waals surface area contributed by atoms with Gasteiger partial charge in [-0.1, -0.05) is 100 Å². The predicted octanol–water partition coefficient (Wildman–Crippen LogP) is 9.29. The van der Waals surface area contributed by atoms with Crippen LogP contribution in [0.1, 0.15) is 50.6 Å². The number of oxazole rings is 2. The molecule has 0 N–H and O–H groups in total. The van der Waals surface area contributed by atoms with Crippen LogP contribution in [0.4, 0.5) is 0 Å². The van der Waals surface area contributed by atoms with Crippen molar-refractivity contribution in [1.82, 2.24) is 9.97 Å². The van der Waals surface area contributed by atoms with Crippen molar-refractivity contribution in [3.05, 3.63) is 120 Å². The van der Waals surface area contributed by atoms with Gasteiger partial charge in [-0.25, -0.2) is 9.97 Å². The van der Waals surface area contributed by atoms with Crippen LogP contribution in [0.15, 0.2) is 106 Å². The van der Waals surface area contributed by atoms with Gasteiger partial charge in [0.15, 0.2) is 22.9 Å². The van der Waals surface area contributed by atoms with E-state index < -0.39 is 0 Å². The van der Waals surface area contributed by atoms with Gasteiger partial charge in [-0.05, 0) is 46.5 Å². The molecule has 0 radical (unpaired) electrons. The van der Waals surface area contributed by atoms with E-state index in [4.69, 9.17) is 8.83 Å². The molecule has 0 aliphatic rings. The van der Waals surface area contributed by atoms with Gasteiger partial charge in [0.25, 0.3) is 0 Å². The standard InChI is InChI=1S/C16H12N2O2.C15H16.C2H6/c1-9-17-13-5-3-11(7-15(13)19-9)12-4-6-14-16(8-12)20-10(2)18-14;1-15(2,13-9-5-3-6-10-13)14-11-7-4-8-12-14;1-2/h3-8H,1-2H3;3-12H,1-2H3;1-2H3. The average molecular weight is 491 g/mol. The summed E-state index contributed by atoms with van der Waals surface area (Å²) in [6, 6.07) is 33.3. The zero-order valence-electron chi connectivity index (χ0n) is 22.4. The van der Waals surface area contributed by atoms with Crippen molar-refractivity contribution in [2.24, 2.45) is 0 Å². The summed E-state index contributed by atoms with van der Waals surface area (Å²) in [5.74, 6) is 1.36. The summed E-state index contributed by atoms with van der Waals surface area (Å²) >= 11 is 0. The van der Waals surface area contributed by atoms with Gasteiger partial charge >= 0.3 is 0 Å². The molecule has 2 aromatic heterocycles. The van der Waals surface area contributed by atoms with Gasteiger partial charge < -0.3 is 8.83 Å². The molecule has 0 bridgehead atoms. The lowest BCUT2D eigenvalue weighted by Gasteiger charge is -2.25. The highest BCUT2D eigenvalue weighted by Gasteiger charge is 2.21. The molecule has 2 heterocycles. The van der Waals surface area contributed by atoms with Gasteiger partial charge in [-0.2, -0.15) is 0 Å². The van der Waals surface area contributed by atoms with Gasteiger partial charge in [-0.15, -0.1) is 0 Å². The topological polar surface area (TPSA) is 52.1 Å². The van der Waals surface area contributed by atoms with Gasteiger partial charge in [0.2, 0.25) is 0 Å². The van der Waals surface area contributed by atoms with Crippen LogP contribution in [0.2, 0.25) is 0 Å². The summed E-state index contributed by atoms with van der Waals surface area (Å²) in [7, 11) is 0. The number of rotatable bonds is 3. The maximum Gasteiger partial charge on any atom is 0.192 e. The third-order valence-electron chi connectivity index (χ3n) is 6.32. The highest BCUT2D eigenvalue weighted by Crippen LogP contribution is 2.31. The van der Waals surface area contributed by atoms with Crippen LogP contribution in [-0.2, 0) is 5.41 Å². The molecule has 0 aliphatic heterocycles. The summed E-state index contributed by atoms with van der Waals surface area (Å²) in [4.78, 5) is 8.61. The number of aryl methyl sites for hydroxylation is 2. The Morgan fingerprint density at radius 3 is 1.30 bits per heavy atom. The van der Waals surface area contributed by atoms with E-state index in [0.29, 0.717) is 11.8 Å². The molecular weight excluding hydrogens is 456 g/mol. The fourth-order valence-corrected chi connectivity index (χ4v) is 4.32. The summed E-state index contributed by atoms with van der Waals surface area (Å²) in [6.07, 6.45) is 0. The lowest BCUT2D eigenvalue weighted by atomic mass is 9.78.